The van der Waals surface area contributed by atoms with Crippen molar-refractivity contribution in [3.63, 3.8) is 0 Å². The minimum Gasteiger partial charge on any atom is -0.373 e. The van der Waals surface area contributed by atoms with Crippen molar-refractivity contribution in [3.8, 4) is 0 Å². The molecule has 0 amide bonds. The van der Waals surface area contributed by atoms with Gasteiger partial charge in [-0.3, -0.25) is 4.98 Å². The summed E-state index contributed by atoms with van der Waals surface area (Å²) in [5, 5.41) is 15.1. The molecule has 1 saturated carbocycles. The van der Waals surface area contributed by atoms with Gasteiger partial charge in [0, 0.05) is 29.7 Å². The Hall–Kier alpha value is -2.15. The number of aliphatic hydroxyl groups is 1. The molecule has 1 unspecified atom stereocenters. The molecule has 6 nitrogen and oxygen atoms in total. The molecule has 6 rings (SSSR count). The number of anilines is 1. The van der Waals surface area contributed by atoms with Gasteiger partial charge in [0.1, 0.15) is 12.1 Å². The van der Waals surface area contributed by atoms with Crippen molar-refractivity contribution in [2.45, 2.75) is 37.1 Å². The van der Waals surface area contributed by atoms with Crippen LogP contribution in [0.1, 0.15) is 30.3 Å². The van der Waals surface area contributed by atoms with Gasteiger partial charge in [0.25, 0.3) is 0 Å². The van der Waals surface area contributed by atoms with Gasteiger partial charge in [-0.2, -0.15) is 0 Å². The van der Waals surface area contributed by atoms with Gasteiger partial charge >= 0.3 is 0 Å². The number of imidazole rings is 1. The third-order valence-corrected chi connectivity index (χ3v) is 6.62. The molecule has 7 heteroatoms. The predicted octanol–water partition coefficient (Wildman–Crippen LogP) is 2.60. The molecule has 27 heavy (non-hydrogen) atoms. The molecule has 1 atom stereocenters. The SMILES string of the molecule is OC1N(Cc2nc3cc(Cl)ccc3n2C2CNC2)c2cnccc2C12CC2. The summed E-state index contributed by atoms with van der Waals surface area (Å²) < 4.78 is 2.31. The highest BCUT2D eigenvalue weighted by Gasteiger charge is 2.58. The number of nitrogens with zero attached hydrogens (tertiary/aromatic N) is 4. The summed E-state index contributed by atoms with van der Waals surface area (Å²) in [6.45, 7) is 2.43. The van der Waals surface area contributed by atoms with E-state index in [2.05, 4.69) is 25.8 Å². The number of aliphatic hydroxyl groups excluding tert-OH is 1. The third-order valence-electron chi connectivity index (χ3n) is 6.39. The number of fused-ring (bicyclic) bond motifs is 3. The number of nitrogens with one attached hydrogen (secondary N) is 1. The number of hydrogen-bond acceptors (Lipinski definition) is 5. The first-order chi connectivity index (χ1) is 13.2. The molecule has 4 heterocycles. The first-order valence-electron chi connectivity index (χ1n) is 9.44. The van der Waals surface area contributed by atoms with E-state index in [4.69, 9.17) is 16.6 Å². The number of pyridine rings is 1. The summed E-state index contributed by atoms with van der Waals surface area (Å²) in [6, 6.07) is 8.33. The quantitative estimate of drug-likeness (QED) is 0.730. The Morgan fingerprint density at radius 3 is 2.85 bits per heavy atom. The van der Waals surface area contributed by atoms with E-state index in [1.165, 1.54) is 5.56 Å². The van der Waals surface area contributed by atoms with E-state index >= 15 is 0 Å². The average Bonchev–Trinajstić information content (AvgIpc) is 3.32. The minimum atomic E-state index is -0.520. The summed E-state index contributed by atoms with van der Waals surface area (Å²) in [5.41, 5.74) is 4.15. The lowest BCUT2D eigenvalue weighted by molar-refractivity contribution is 0.136. The van der Waals surface area contributed by atoms with Gasteiger partial charge in [-0.15, -0.1) is 0 Å². The molecule has 1 aliphatic carbocycles. The summed E-state index contributed by atoms with van der Waals surface area (Å²) in [4.78, 5) is 11.3. The fraction of sp³-hybridized carbons (Fsp3) is 0.400. The largest absolute Gasteiger partial charge is 0.373 e. The van der Waals surface area contributed by atoms with Gasteiger partial charge in [-0.05, 0) is 42.7 Å². The Balaban J connectivity index is 1.46. The molecular weight excluding hydrogens is 362 g/mol. The van der Waals surface area contributed by atoms with E-state index in [1.54, 1.807) is 0 Å². The lowest BCUT2D eigenvalue weighted by atomic mass is 9.98. The summed E-state index contributed by atoms with van der Waals surface area (Å²) in [5.74, 6) is 0.963. The van der Waals surface area contributed by atoms with Gasteiger partial charge in [0.15, 0.2) is 0 Å². The Bertz CT molecular complexity index is 1060. The molecule has 3 aliphatic rings. The fourth-order valence-electron chi connectivity index (χ4n) is 4.69. The first kappa shape index (κ1) is 15.9. The zero-order valence-corrected chi connectivity index (χ0v) is 15.5. The van der Waals surface area contributed by atoms with Crippen molar-refractivity contribution < 1.29 is 5.11 Å². The molecule has 2 aromatic heterocycles. The van der Waals surface area contributed by atoms with Crippen LogP contribution < -0.4 is 10.2 Å². The van der Waals surface area contributed by atoms with Crippen molar-refractivity contribution in [1.29, 1.82) is 0 Å². The second-order valence-corrected chi connectivity index (χ2v) is 8.33. The topological polar surface area (TPSA) is 66.2 Å². The molecular formula is C20H20ClN5O. The lowest BCUT2D eigenvalue weighted by Gasteiger charge is -2.32. The molecule has 1 spiro atoms. The van der Waals surface area contributed by atoms with Crippen LogP contribution in [0.3, 0.4) is 0 Å². The normalized spacial score (nSPS) is 23.0. The Labute approximate surface area is 161 Å². The molecule has 2 N–H and O–H groups in total. The number of hydrogen-bond donors (Lipinski definition) is 2. The van der Waals surface area contributed by atoms with E-state index in [0.717, 1.165) is 48.5 Å². The number of aromatic nitrogens is 3. The van der Waals surface area contributed by atoms with Crippen LogP contribution >= 0.6 is 11.6 Å². The highest BCUT2D eigenvalue weighted by atomic mass is 35.5. The Morgan fingerprint density at radius 1 is 1.26 bits per heavy atom. The second kappa shape index (κ2) is 5.44. The monoisotopic (exact) mass is 381 g/mol. The van der Waals surface area contributed by atoms with Crippen LogP contribution in [-0.2, 0) is 12.0 Å². The van der Waals surface area contributed by atoms with Crippen LogP contribution in [0.15, 0.2) is 36.7 Å². The van der Waals surface area contributed by atoms with Crippen LogP contribution in [-0.4, -0.2) is 39.0 Å². The molecule has 0 radical (unpaired) electrons. The van der Waals surface area contributed by atoms with E-state index < -0.39 is 6.23 Å². The number of rotatable bonds is 3. The van der Waals surface area contributed by atoms with Gasteiger partial charge < -0.3 is 19.9 Å². The molecule has 138 valence electrons. The molecule has 3 aromatic rings. The summed E-state index contributed by atoms with van der Waals surface area (Å²) in [7, 11) is 0. The van der Waals surface area contributed by atoms with E-state index in [0.29, 0.717) is 17.6 Å². The molecule has 2 aliphatic heterocycles. The Morgan fingerprint density at radius 2 is 2.11 bits per heavy atom. The van der Waals surface area contributed by atoms with Crippen LogP contribution in [0.2, 0.25) is 5.02 Å². The highest BCUT2D eigenvalue weighted by molar-refractivity contribution is 6.31. The second-order valence-electron chi connectivity index (χ2n) is 7.89. The van der Waals surface area contributed by atoms with E-state index in [1.807, 2.05) is 30.6 Å². The zero-order chi connectivity index (χ0) is 18.2. The third kappa shape index (κ3) is 2.15. The maximum absolute atomic E-state index is 11.1. The number of benzene rings is 1. The molecule has 1 saturated heterocycles. The van der Waals surface area contributed by atoms with Crippen molar-refractivity contribution in [2.75, 3.05) is 18.0 Å². The maximum Gasteiger partial charge on any atom is 0.137 e. The van der Waals surface area contributed by atoms with Gasteiger partial charge in [-0.25, -0.2) is 4.98 Å². The lowest BCUT2D eigenvalue weighted by Crippen LogP contribution is -2.45. The minimum absolute atomic E-state index is 0.115. The summed E-state index contributed by atoms with van der Waals surface area (Å²) in [6.07, 6.45) is 5.24. The van der Waals surface area contributed by atoms with Crippen LogP contribution in [0.25, 0.3) is 11.0 Å². The fourth-order valence-corrected chi connectivity index (χ4v) is 4.85. The molecule has 2 fully saturated rings. The standard InChI is InChI=1S/C20H20ClN5O/c21-12-1-2-16-15(7-12)24-18(26(16)13-8-23-9-13)11-25-17-10-22-6-3-14(17)20(4-5-20)19(25)27/h1-3,6-7,10,13,19,23,27H,4-5,8-9,11H2. The first-order valence-corrected chi connectivity index (χ1v) is 9.81. The van der Waals surface area contributed by atoms with Crippen LogP contribution in [0.4, 0.5) is 5.69 Å². The maximum atomic E-state index is 11.1. The van der Waals surface area contributed by atoms with Gasteiger partial charge in [0.05, 0.1) is 35.5 Å². The number of halogens is 1. The smallest absolute Gasteiger partial charge is 0.137 e. The van der Waals surface area contributed by atoms with Crippen LogP contribution in [0, 0.1) is 0 Å². The van der Waals surface area contributed by atoms with Crippen molar-refractivity contribution in [1.82, 2.24) is 19.9 Å². The predicted molar refractivity (Wildman–Crippen MR) is 104 cm³/mol. The van der Waals surface area contributed by atoms with Crippen LogP contribution in [0.5, 0.6) is 0 Å². The molecule has 0 bridgehead atoms. The van der Waals surface area contributed by atoms with Gasteiger partial charge in [0.2, 0.25) is 0 Å². The van der Waals surface area contributed by atoms with Crippen molar-refractivity contribution >= 4 is 28.3 Å². The van der Waals surface area contributed by atoms with Crippen molar-refractivity contribution in [2.24, 2.45) is 0 Å². The van der Waals surface area contributed by atoms with Crippen molar-refractivity contribution in [3.05, 3.63) is 53.1 Å². The van der Waals surface area contributed by atoms with Gasteiger partial charge in [-0.1, -0.05) is 11.6 Å². The molecule has 1 aromatic carbocycles. The average molecular weight is 382 g/mol. The Kier molecular flexibility index (Phi) is 3.20. The summed E-state index contributed by atoms with van der Waals surface area (Å²) >= 11 is 6.19. The highest BCUT2D eigenvalue weighted by Crippen LogP contribution is 2.59. The van der Waals surface area contributed by atoms with E-state index in [-0.39, 0.29) is 5.41 Å². The van der Waals surface area contributed by atoms with E-state index in [9.17, 15) is 5.11 Å². The zero-order valence-electron chi connectivity index (χ0n) is 14.8.